The number of rotatable bonds is 7. The Hall–Kier alpha value is -2.05. The lowest BCUT2D eigenvalue weighted by molar-refractivity contribution is -0.164. The Bertz CT molecular complexity index is 612. The van der Waals surface area contributed by atoms with E-state index in [0.717, 1.165) is 12.5 Å². The number of hydrogen-bond donors (Lipinski definition) is 0. The minimum absolute atomic E-state index is 0.146. The van der Waals surface area contributed by atoms with Crippen molar-refractivity contribution in [3.8, 4) is 5.75 Å². The molecule has 0 aliphatic rings. The molecule has 1 rings (SSSR count). The first-order valence-corrected chi connectivity index (χ1v) is 7.60. The van der Waals surface area contributed by atoms with E-state index in [1.54, 1.807) is 0 Å². The Labute approximate surface area is 138 Å². The van der Waals surface area contributed by atoms with Gasteiger partial charge in [0.05, 0.1) is 6.61 Å². The molecular formula is C17H21F3O4. The quantitative estimate of drug-likeness (QED) is 0.246. The van der Waals surface area contributed by atoms with Crippen LogP contribution in [0.1, 0.15) is 40.5 Å². The van der Waals surface area contributed by atoms with E-state index < -0.39 is 40.6 Å². The van der Waals surface area contributed by atoms with Gasteiger partial charge >= 0.3 is 11.9 Å². The molecule has 0 radical (unpaired) electrons. The second-order valence-corrected chi connectivity index (χ2v) is 6.36. The van der Waals surface area contributed by atoms with Crippen LogP contribution in [-0.2, 0) is 14.3 Å². The molecule has 0 aliphatic carbocycles. The lowest BCUT2D eigenvalue weighted by Crippen LogP contribution is -2.38. The zero-order chi connectivity index (χ0) is 18.5. The average Bonchev–Trinajstić information content (AvgIpc) is 2.51. The number of carbonyl (C=O) groups is 2. The number of ether oxygens (including phenoxy) is 2. The van der Waals surface area contributed by atoms with E-state index in [2.05, 4.69) is 0 Å². The van der Waals surface area contributed by atoms with Crippen molar-refractivity contribution < 1.29 is 32.2 Å². The van der Waals surface area contributed by atoms with Crippen molar-refractivity contribution in [3.63, 3.8) is 0 Å². The Morgan fingerprint density at radius 2 is 1.71 bits per heavy atom. The fraction of sp³-hybridized carbons (Fsp3) is 0.529. The second kappa shape index (κ2) is 8.17. The molecule has 0 N–H and O–H groups in total. The molecule has 0 unspecified atom stereocenters. The van der Waals surface area contributed by atoms with Gasteiger partial charge in [-0.25, -0.2) is 8.78 Å². The van der Waals surface area contributed by atoms with Gasteiger partial charge in [0.25, 0.3) is 0 Å². The van der Waals surface area contributed by atoms with Gasteiger partial charge in [-0.05, 0) is 44.7 Å². The number of carbonyl (C=O) groups excluding carboxylic acids is 2. The van der Waals surface area contributed by atoms with Crippen molar-refractivity contribution in [1.82, 2.24) is 0 Å². The molecule has 0 aromatic heterocycles. The van der Waals surface area contributed by atoms with Crippen molar-refractivity contribution >= 4 is 11.9 Å². The molecule has 0 atom stereocenters. The van der Waals surface area contributed by atoms with E-state index in [-0.39, 0.29) is 6.61 Å². The van der Waals surface area contributed by atoms with Gasteiger partial charge in [0, 0.05) is 0 Å². The molecule has 0 heterocycles. The third-order valence-corrected chi connectivity index (χ3v) is 3.38. The van der Waals surface area contributed by atoms with Gasteiger partial charge in [-0.15, -0.1) is 0 Å². The summed E-state index contributed by atoms with van der Waals surface area (Å²) in [6.45, 7) is 6.70. The van der Waals surface area contributed by atoms with Crippen molar-refractivity contribution in [1.29, 1.82) is 0 Å². The van der Waals surface area contributed by atoms with Gasteiger partial charge < -0.3 is 9.47 Å². The van der Waals surface area contributed by atoms with Crippen molar-refractivity contribution in [2.24, 2.45) is 11.3 Å². The molecule has 1 aromatic carbocycles. The van der Waals surface area contributed by atoms with Crippen LogP contribution >= 0.6 is 0 Å². The minimum Gasteiger partial charge on any atom is -0.465 e. The Balaban J connectivity index is 2.71. The van der Waals surface area contributed by atoms with Gasteiger partial charge in [-0.2, -0.15) is 4.39 Å². The molecule has 0 fully saturated rings. The molecule has 0 bridgehead atoms. The van der Waals surface area contributed by atoms with E-state index >= 15 is 0 Å². The summed E-state index contributed by atoms with van der Waals surface area (Å²) in [5.41, 5.74) is -1.71. The molecule has 0 spiro atoms. The Morgan fingerprint density at radius 1 is 1.08 bits per heavy atom. The third kappa shape index (κ3) is 4.97. The maximum Gasteiger partial charge on any atom is 0.328 e. The number of benzene rings is 1. The lowest BCUT2D eigenvalue weighted by atomic mass is 9.94. The average molecular weight is 346 g/mol. The SMILES string of the molecule is CC(C)CCCOC(=O)C(C)(C)C(=O)Oc1ccc(F)c(F)c1F. The second-order valence-electron chi connectivity index (χ2n) is 6.36. The number of halogens is 3. The van der Waals surface area contributed by atoms with Gasteiger partial charge in [0.2, 0.25) is 5.82 Å². The monoisotopic (exact) mass is 346 g/mol. The van der Waals surface area contributed by atoms with Gasteiger partial charge in [0.15, 0.2) is 22.8 Å². The van der Waals surface area contributed by atoms with E-state index in [9.17, 15) is 22.8 Å². The van der Waals surface area contributed by atoms with Crippen LogP contribution in [0.15, 0.2) is 12.1 Å². The topological polar surface area (TPSA) is 52.6 Å². The van der Waals surface area contributed by atoms with E-state index in [4.69, 9.17) is 9.47 Å². The highest BCUT2D eigenvalue weighted by molar-refractivity contribution is 5.99. The van der Waals surface area contributed by atoms with E-state index in [0.29, 0.717) is 18.4 Å². The zero-order valence-corrected chi connectivity index (χ0v) is 14.1. The van der Waals surface area contributed by atoms with E-state index in [1.165, 1.54) is 13.8 Å². The largest absolute Gasteiger partial charge is 0.465 e. The summed E-state index contributed by atoms with van der Waals surface area (Å²) in [7, 11) is 0. The van der Waals surface area contributed by atoms with Crippen LogP contribution in [0.5, 0.6) is 5.75 Å². The van der Waals surface area contributed by atoms with Crippen molar-refractivity contribution in [2.75, 3.05) is 6.61 Å². The van der Waals surface area contributed by atoms with Crippen LogP contribution in [0.25, 0.3) is 0 Å². The summed E-state index contributed by atoms with van der Waals surface area (Å²) < 4.78 is 49.2. The van der Waals surface area contributed by atoms with Crippen LogP contribution in [0.3, 0.4) is 0 Å². The fourth-order valence-corrected chi connectivity index (χ4v) is 1.73. The Kier molecular flexibility index (Phi) is 6.81. The summed E-state index contributed by atoms with van der Waals surface area (Å²) in [6, 6.07) is 1.40. The molecule has 7 heteroatoms. The molecule has 0 aliphatic heterocycles. The van der Waals surface area contributed by atoms with Crippen molar-refractivity contribution in [3.05, 3.63) is 29.6 Å². The summed E-state index contributed by atoms with van der Waals surface area (Å²) in [5.74, 6) is -7.09. The molecule has 0 saturated carbocycles. The molecular weight excluding hydrogens is 325 g/mol. The first kappa shape index (κ1) is 20.0. The third-order valence-electron chi connectivity index (χ3n) is 3.38. The predicted octanol–water partition coefficient (Wildman–Crippen LogP) is 4.01. The van der Waals surface area contributed by atoms with E-state index in [1.807, 2.05) is 13.8 Å². The summed E-state index contributed by atoms with van der Waals surface area (Å²) >= 11 is 0. The highest BCUT2D eigenvalue weighted by Gasteiger charge is 2.40. The van der Waals surface area contributed by atoms with Crippen LogP contribution in [0.4, 0.5) is 13.2 Å². The molecule has 0 amide bonds. The molecule has 1 aromatic rings. The normalized spacial score (nSPS) is 11.5. The minimum atomic E-state index is -1.76. The number of esters is 2. The van der Waals surface area contributed by atoms with Crippen molar-refractivity contribution in [2.45, 2.75) is 40.5 Å². The summed E-state index contributed by atoms with van der Waals surface area (Å²) in [4.78, 5) is 24.1. The maximum absolute atomic E-state index is 13.5. The van der Waals surface area contributed by atoms with Crippen LogP contribution in [0.2, 0.25) is 0 Å². The molecule has 24 heavy (non-hydrogen) atoms. The molecule has 0 saturated heterocycles. The highest BCUT2D eigenvalue weighted by Crippen LogP contribution is 2.26. The standard InChI is InChI=1S/C17H21F3O4/c1-10(2)6-5-9-23-15(21)17(3,4)16(22)24-12-8-7-11(18)13(19)14(12)20/h7-8,10H,5-6,9H2,1-4H3. The predicted molar refractivity (Wildman–Crippen MR) is 80.8 cm³/mol. The first-order valence-electron chi connectivity index (χ1n) is 7.60. The number of hydrogen-bond acceptors (Lipinski definition) is 4. The highest BCUT2D eigenvalue weighted by atomic mass is 19.2. The molecule has 134 valence electrons. The van der Waals surface area contributed by atoms with Crippen LogP contribution in [-0.4, -0.2) is 18.5 Å². The van der Waals surface area contributed by atoms with Gasteiger partial charge in [0.1, 0.15) is 0 Å². The van der Waals surface area contributed by atoms with Crippen LogP contribution in [0, 0.1) is 28.8 Å². The molecule has 4 nitrogen and oxygen atoms in total. The van der Waals surface area contributed by atoms with Gasteiger partial charge in [-0.1, -0.05) is 13.8 Å². The Morgan fingerprint density at radius 3 is 2.29 bits per heavy atom. The van der Waals surface area contributed by atoms with Gasteiger partial charge in [-0.3, -0.25) is 9.59 Å². The first-order chi connectivity index (χ1) is 11.1. The zero-order valence-electron chi connectivity index (χ0n) is 14.1. The lowest BCUT2D eigenvalue weighted by Gasteiger charge is -2.21. The summed E-state index contributed by atoms with van der Waals surface area (Å²) in [6.07, 6.45) is 1.50. The smallest absolute Gasteiger partial charge is 0.328 e. The summed E-state index contributed by atoms with van der Waals surface area (Å²) in [5, 5.41) is 0. The fourth-order valence-electron chi connectivity index (χ4n) is 1.73. The van der Waals surface area contributed by atoms with Crippen LogP contribution < -0.4 is 4.74 Å². The maximum atomic E-state index is 13.5.